The fraction of sp³-hybridized carbons (Fsp3) is 0.667. The first-order valence-corrected chi connectivity index (χ1v) is 11.4. The number of aromatic nitrogens is 4. The Hall–Kier alpha value is -2.07. The quantitative estimate of drug-likeness (QED) is 0.640. The molecule has 0 N–H and O–H groups in total. The van der Waals surface area contributed by atoms with E-state index in [1.807, 2.05) is 24.7 Å². The van der Waals surface area contributed by atoms with Gasteiger partial charge in [-0.1, -0.05) is 11.6 Å². The van der Waals surface area contributed by atoms with Crippen molar-refractivity contribution in [2.45, 2.75) is 64.8 Å². The minimum absolute atomic E-state index is 0.0644. The molecule has 11 heteroatoms. The smallest absolute Gasteiger partial charge is 0.338 e. The van der Waals surface area contributed by atoms with Crippen LogP contribution in [0.1, 0.15) is 61.3 Å². The van der Waals surface area contributed by atoms with E-state index in [9.17, 15) is 18.0 Å². The fourth-order valence-electron chi connectivity index (χ4n) is 4.24. The maximum atomic E-state index is 13.4. The van der Waals surface area contributed by atoms with Crippen molar-refractivity contribution in [1.82, 2.24) is 29.4 Å². The van der Waals surface area contributed by atoms with Gasteiger partial charge in [-0.3, -0.25) is 19.1 Å². The molecule has 2 aliphatic rings. The highest BCUT2D eigenvalue weighted by Gasteiger charge is 2.43. The molecule has 1 unspecified atom stereocenters. The van der Waals surface area contributed by atoms with E-state index in [1.165, 1.54) is 10.2 Å². The summed E-state index contributed by atoms with van der Waals surface area (Å²) in [5.74, 6) is -0.292. The third-order valence-electron chi connectivity index (χ3n) is 6.29. The molecule has 1 atom stereocenters. The summed E-state index contributed by atoms with van der Waals surface area (Å²) in [7, 11) is 0. The van der Waals surface area contributed by atoms with Crippen LogP contribution in [0.2, 0.25) is 5.02 Å². The number of carbonyl (C=O) groups excluding carboxylic acids is 1. The molecule has 1 aliphatic heterocycles. The molecule has 0 radical (unpaired) electrons. The van der Waals surface area contributed by atoms with Crippen molar-refractivity contribution in [3.05, 3.63) is 33.9 Å². The van der Waals surface area contributed by atoms with Crippen LogP contribution in [0.3, 0.4) is 0 Å². The molecule has 0 bridgehead atoms. The number of halogens is 4. The highest BCUT2D eigenvalue weighted by atomic mass is 35.5. The van der Waals surface area contributed by atoms with Crippen molar-refractivity contribution < 1.29 is 18.0 Å². The zero-order chi connectivity index (χ0) is 23.2. The van der Waals surface area contributed by atoms with Gasteiger partial charge in [0.1, 0.15) is 6.04 Å². The first-order chi connectivity index (χ1) is 15.1. The van der Waals surface area contributed by atoms with Gasteiger partial charge in [0.05, 0.1) is 16.4 Å². The SMILES string of the molecule is CCn1cc(CN2CCN(C(=O)C(C)n3nc(C(F)(F)F)c(Cl)c3C3CC3)CC2)c(C)n1. The van der Waals surface area contributed by atoms with E-state index in [1.54, 1.807) is 11.8 Å². The molecule has 1 saturated carbocycles. The maximum Gasteiger partial charge on any atom is 0.436 e. The maximum absolute atomic E-state index is 13.4. The Labute approximate surface area is 190 Å². The molecule has 176 valence electrons. The second-order valence-electron chi connectivity index (χ2n) is 8.64. The lowest BCUT2D eigenvalue weighted by Crippen LogP contribution is -2.50. The predicted octanol–water partition coefficient (Wildman–Crippen LogP) is 3.86. The van der Waals surface area contributed by atoms with Crippen molar-refractivity contribution in [3.63, 3.8) is 0 Å². The number of hydrogen-bond acceptors (Lipinski definition) is 4. The van der Waals surface area contributed by atoms with Gasteiger partial charge in [0.25, 0.3) is 0 Å². The number of piperazine rings is 1. The summed E-state index contributed by atoms with van der Waals surface area (Å²) < 4.78 is 43.2. The van der Waals surface area contributed by atoms with E-state index in [4.69, 9.17) is 11.6 Å². The normalized spacial score (nSPS) is 18.9. The van der Waals surface area contributed by atoms with Gasteiger partial charge in [-0.15, -0.1) is 0 Å². The van der Waals surface area contributed by atoms with Crippen LogP contribution in [-0.2, 0) is 24.1 Å². The molecule has 1 amide bonds. The van der Waals surface area contributed by atoms with Crippen molar-refractivity contribution in [2.24, 2.45) is 0 Å². The summed E-state index contributed by atoms with van der Waals surface area (Å²) in [4.78, 5) is 17.1. The summed E-state index contributed by atoms with van der Waals surface area (Å²) in [5.41, 5.74) is 1.40. The number of amides is 1. The molecule has 4 rings (SSSR count). The van der Waals surface area contributed by atoms with Crippen LogP contribution in [-0.4, -0.2) is 61.4 Å². The van der Waals surface area contributed by atoms with Gasteiger partial charge in [0, 0.05) is 56.9 Å². The number of alkyl halides is 3. The van der Waals surface area contributed by atoms with Gasteiger partial charge in [-0.2, -0.15) is 23.4 Å². The summed E-state index contributed by atoms with van der Waals surface area (Å²) in [5, 5.41) is 7.85. The molecule has 7 nitrogen and oxygen atoms in total. The number of carbonyl (C=O) groups is 1. The van der Waals surface area contributed by atoms with Crippen LogP contribution in [0.5, 0.6) is 0 Å². The number of aryl methyl sites for hydroxylation is 2. The van der Waals surface area contributed by atoms with E-state index < -0.39 is 17.9 Å². The highest BCUT2D eigenvalue weighted by Crippen LogP contribution is 2.47. The van der Waals surface area contributed by atoms with Gasteiger partial charge < -0.3 is 4.90 Å². The summed E-state index contributed by atoms with van der Waals surface area (Å²) in [6, 6.07) is -0.837. The lowest BCUT2D eigenvalue weighted by molar-refractivity contribution is -0.142. The van der Waals surface area contributed by atoms with Crippen LogP contribution in [0.15, 0.2) is 6.20 Å². The van der Waals surface area contributed by atoms with Crippen molar-refractivity contribution in [2.75, 3.05) is 26.2 Å². The van der Waals surface area contributed by atoms with Crippen LogP contribution in [0.25, 0.3) is 0 Å². The number of hydrogen-bond donors (Lipinski definition) is 0. The van der Waals surface area contributed by atoms with Crippen LogP contribution < -0.4 is 0 Å². The average Bonchev–Trinajstić information content (AvgIpc) is 3.43. The van der Waals surface area contributed by atoms with Crippen molar-refractivity contribution in [3.8, 4) is 0 Å². The van der Waals surface area contributed by atoms with E-state index in [0.717, 1.165) is 31.6 Å². The molecule has 2 aromatic heterocycles. The number of nitrogens with zero attached hydrogens (tertiary/aromatic N) is 6. The molecule has 1 saturated heterocycles. The first-order valence-electron chi connectivity index (χ1n) is 11.0. The first kappa shape index (κ1) is 23.1. The lowest BCUT2D eigenvalue weighted by atomic mass is 10.2. The van der Waals surface area contributed by atoms with Gasteiger partial charge in [-0.25, -0.2) is 0 Å². The van der Waals surface area contributed by atoms with Crippen molar-refractivity contribution >= 4 is 17.5 Å². The number of rotatable bonds is 6. The zero-order valence-corrected chi connectivity index (χ0v) is 19.2. The Balaban J connectivity index is 1.43. The predicted molar refractivity (Wildman–Crippen MR) is 113 cm³/mol. The van der Waals surface area contributed by atoms with Crippen LogP contribution in [0, 0.1) is 6.92 Å². The third-order valence-corrected chi connectivity index (χ3v) is 6.67. The molecule has 2 aromatic rings. The Morgan fingerprint density at radius 1 is 1.22 bits per heavy atom. The Morgan fingerprint density at radius 2 is 1.88 bits per heavy atom. The molecule has 3 heterocycles. The third kappa shape index (κ3) is 4.52. The largest absolute Gasteiger partial charge is 0.436 e. The second-order valence-corrected chi connectivity index (χ2v) is 9.02. The lowest BCUT2D eigenvalue weighted by Gasteiger charge is -2.36. The fourth-order valence-corrected chi connectivity index (χ4v) is 4.63. The monoisotopic (exact) mass is 472 g/mol. The molecular weight excluding hydrogens is 445 g/mol. The standard InChI is InChI=1S/C21H28ClF3N6O/c1-4-30-12-16(13(2)26-30)11-28-7-9-29(10-8-28)20(32)14(3)31-18(15-5-6-15)17(22)19(27-31)21(23,24)25/h12,14-15H,4-11H2,1-3H3. The summed E-state index contributed by atoms with van der Waals surface area (Å²) >= 11 is 6.06. The molecule has 0 spiro atoms. The van der Waals surface area contributed by atoms with Gasteiger partial charge in [0.15, 0.2) is 5.69 Å². The second kappa shape index (κ2) is 8.70. The van der Waals surface area contributed by atoms with Crippen LogP contribution >= 0.6 is 11.6 Å². The Kier molecular flexibility index (Phi) is 6.28. The van der Waals surface area contributed by atoms with Crippen LogP contribution in [0.4, 0.5) is 13.2 Å². The topological polar surface area (TPSA) is 59.2 Å². The molecular formula is C21H28ClF3N6O. The van der Waals surface area contributed by atoms with E-state index in [2.05, 4.69) is 15.1 Å². The van der Waals surface area contributed by atoms with Gasteiger partial charge in [-0.05, 0) is 33.6 Å². The van der Waals surface area contributed by atoms with Gasteiger partial charge in [0.2, 0.25) is 5.91 Å². The van der Waals surface area contributed by atoms with Crippen molar-refractivity contribution in [1.29, 1.82) is 0 Å². The minimum atomic E-state index is -4.65. The average molecular weight is 473 g/mol. The highest BCUT2D eigenvalue weighted by molar-refractivity contribution is 6.32. The van der Waals surface area contributed by atoms with E-state index >= 15 is 0 Å². The molecule has 0 aromatic carbocycles. The zero-order valence-electron chi connectivity index (χ0n) is 18.5. The Morgan fingerprint density at radius 3 is 2.41 bits per heavy atom. The molecule has 2 fully saturated rings. The summed E-state index contributed by atoms with van der Waals surface area (Å²) in [6.45, 7) is 9.64. The molecule has 32 heavy (non-hydrogen) atoms. The summed E-state index contributed by atoms with van der Waals surface area (Å²) in [6.07, 6.45) is -1.08. The minimum Gasteiger partial charge on any atom is -0.338 e. The van der Waals surface area contributed by atoms with E-state index in [-0.39, 0.29) is 16.8 Å². The van der Waals surface area contributed by atoms with Gasteiger partial charge >= 0.3 is 6.18 Å². The molecule has 1 aliphatic carbocycles. The van der Waals surface area contributed by atoms with E-state index in [0.29, 0.717) is 31.9 Å². The Bertz CT molecular complexity index is 989.